The van der Waals surface area contributed by atoms with Gasteiger partial charge in [0.15, 0.2) is 0 Å². The average Bonchev–Trinajstić information content (AvgIpc) is 2.35. The first-order chi connectivity index (χ1) is 8.69. The van der Waals surface area contributed by atoms with Gasteiger partial charge in [-0.05, 0) is 47.2 Å². The summed E-state index contributed by atoms with van der Waals surface area (Å²) >= 11 is 3.11. The van der Waals surface area contributed by atoms with Crippen LogP contribution in [-0.4, -0.2) is 12.0 Å². The molecule has 94 valence electrons. The number of nitrogens with one attached hydrogen (secondary N) is 1. The van der Waals surface area contributed by atoms with Gasteiger partial charge in [-0.2, -0.15) is 0 Å². The van der Waals surface area contributed by atoms with Crippen LogP contribution in [-0.2, 0) is 6.54 Å². The summed E-state index contributed by atoms with van der Waals surface area (Å²) in [5, 5.41) is 3.02. The number of benzene rings is 1. The van der Waals surface area contributed by atoms with Gasteiger partial charge in [0.1, 0.15) is 11.6 Å². The molecular weight excluding hydrogens is 299 g/mol. The second-order valence-corrected chi connectivity index (χ2v) is 4.53. The Kier molecular flexibility index (Phi) is 4.28. The smallest absolute Gasteiger partial charge is 0.219 e. The van der Waals surface area contributed by atoms with Gasteiger partial charge in [-0.15, -0.1) is 0 Å². The third kappa shape index (κ3) is 3.27. The molecule has 1 aromatic carbocycles. The first kappa shape index (κ1) is 13.0. The lowest BCUT2D eigenvalue weighted by Crippen LogP contribution is -2.06. The molecule has 0 aliphatic heterocycles. The van der Waals surface area contributed by atoms with Crippen LogP contribution in [0.15, 0.2) is 40.9 Å². The molecule has 3 nitrogen and oxygen atoms in total. The van der Waals surface area contributed by atoms with E-state index in [-0.39, 0.29) is 5.82 Å². The molecule has 1 heterocycles. The van der Waals surface area contributed by atoms with Gasteiger partial charge in [0, 0.05) is 12.6 Å². The molecule has 0 radical (unpaired) electrons. The highest BCUT2D eigenvalue weighted by Gasteiger charge is 2.04. The van der Waals surface area contributed by atoms with E-state index in [4.69, 9.17) is 4.74 Å². The number of nitrogens with zero attached hydrogens (tertiary/aromatic N) is 1. The number of hydrogen-bond donors (Lipinski definition) is 1. The van der Waals surface area contributed by atoms with Crippen molar-refractivity contribution in [2.24, 2.45) is 0 Å². The van der Waals surface area contributed by atoms with Gasteiger partial charge in [-0.3, -0.25) is 0 Å². The maximum atomic E-state index is 13.1. The van der Waals surface area contributed by atoms with Crippen LogP contribution in [0, 0.1) is 5.82 Å². The van der Waals surface area contributed by atoms with Gasteiger partial charge in [0.25, 0.3) is 0 Å². The van der Waals surface area contributed by atoms with Crippen LogP contribution in [0.1, 0.15) is 5.69 Å². The molecule has 5 heteroatoms. The number of rotatable bonds is 4. The van der Waals surface area contributed by atoms with Gasteiger partial charge in [-0.1, -0.05) is 6.07 Å². The second kappa shape index (κ2) is 5.93. The van der Waals surface area contributed by atoms with Crippen LogP contribution in [0.4, 0.5) is 4.39 Å². The zero-order valence-corrected chi connectivity index (χ0v) is 11.4. The second-order valence-electron chi connectivity index (χ2n) is 3.68. The number of pyridine rings is 1. The van der Waals surface area contributed by atoms with E-state index in [1.165, 1.54) is 6.07 Å². The predicted molar refractivity (Wildman–Crippen MR) is 71.2 cm³/mol. The lowest BCUT2D eigenvalue weighted by Gasteiger charge is -2.07. The molecule has 0 fully saturated rings. The number of hydrogen-bond acceptors (Lipinski definition) is 3. The van der Waals surface area contributed by atoms with E-state index in [2.05, 4.69) is 26.2 Å². The largest absolute Gasteiger partial charge is 0.439 e. The van der Waals surface area contributed by atoms with Crippen LogP contribution in [0.25, 0.3) is 0 Å². The molecule has 2 rings (SSSR count). The number of ether oxygens (including phenoxy) is 1. The van der Waals surface area contributed by atoms with Crippen molar-refractivity contribution in [1.82, 2.24) is 10.3 Å². The molecule has 18 heavy (non-hydrogen) atoms. The quantitative estimate of drug-likeness (QED) is 0.938. The maximum Gasteiger partial charge on any atom is 0.219 e. The summed E-state index contributed by atoms with van der Waals surface area (Å²) in [5.74, 6) is 0.706. The zero-order chi connectivity index (χ0) is 13.0. The van der Waals surface area contributed by atoms with E-state index in [0.29, 0.717) is 22.6 Å². The summed E-state index contributed by atoms with van der Waals surface area (Å²) < 4.78 is 19.0. The van der Waals surface area contributed by atoms with E-state index < -0.39 is 0 Å². The van der Waals surface area contributed by atoms with Crippen molar-refractivity contribution < 1.29 is 9.13 Å². The molecule has 0 unspecified atom stereocenters. The monoisotopic (exact) mass is 310 g/mol. The Morgan fingerprint density at radius 1 is 1.33 bits per heavy atom. The molecule has 0 atom stereocenters. The van der Waals surface area contributed by atoms with Crippen molar-refractivity contribution in [2.45, 2.75) is 6.54 Å². The van der Waals surface area contributed by atoms with Gasteiger partial charge in [-0.25, -0.2) is 9.37 Å². The summed E-state index contributed by atoms with van der Waals surface area (Å²) in [7, 11) is 1.85. The summed E-state index contributed by atoms with van der Waals surface area (Å²) in [5.41, 5.74) is 0.885. The van der Waals surface area contributed by atoms with Gasteiger partial charge in [0.2, 0.25) is 5.88 Å². The van der Waals surface area contributed by atoms with Crippen molar-refractivity contribution in [3.05, 3.63) is 52.4 Å². The SMILES string of the molecule is CNCc1cccc(Oc2ccc(F)c(Br)c2)n1. The highest BCUT2D eigenvalue weighted by molar-refractivity contribution is 9.10. The van der Waals surface area contributed by atoms with E-state index in [1.807, 2.05) is 19.2 Å². The fraction of sp³-hybridized carbons (Fsp3) is 0.154. The zero-order valence-electron chi connectivity index (χ0n) is 9.78. The predicted octanol–water partition coefficient (Wildman–Crippen LogP) is 3.49. The molecule has 1 N–H and O–H groups in total. The Morgan fingerprint density at radius 2 is 2.17 bits per heavy atom. The van der Waals surface area contributed by atoms with Gasteiger partial charge >= 0.3 is 0 Å². The van der Waals surface area contributed by atoms with E-state index >= 15 is 0 Å². The van der Waals surface area contributed by atoms with Crippen LogP contribution in [0.5, 0.6) is 11.6 Å². The van der Waals surface area contributed by atoms with Gasteiger partial charge < -0.3 is 10.1 Å². The summed E-state index contributed by atoms with van der Waals surface area (Å²) in [6.45, 7) is 0.671. The highest BCUT2D eigenvalue weighted by Crippen LogP contribution is 2.25. The fourth-order valence-corrected chi connectivity index (χ4v) is 1.81. The fourth-order valence-electron chi connectivity index (χ4n) is 1.46. The first-order valence-electron chi connectivity index (χ1n) is 5.42. The Hall–Kier alpha value is -1.46. The molecule has 1 aromatic heterocycles. The van der Waals surface area contributed by atoms with Gasteiger partial charge in [0.05, 0.1) is 10.2 Å². The number of aromatic nitrogens is 1. The van der Waals surface area contributed by atoms with Crippen molar-refractivity contribution in [1.29, 1.82) is 0 Å². The van der Waals surface area contributed by atoms with Crippen molar-refractivity contribution >= 4 is 15.9 Å². The third-order valence-corrected chi connectivity index (χ3v) is 2.86. The molecule has 0 aliphatic carbocycles. The van der Waals surface area contributed by atoms with Crippen LogP contribution < -0.4 is 10.1 Å². The Morgan fingerprint density at radius 3 is 2.89 bits per heavy atom. The third-order valence-electron chi connectivity index (χ3n) is 2.25. The minimum atomic E-state index is -0.320. The molecule has 2 aromatic rings. The van der Waals surface area contributed by atoms with Crippen molar-refractivity contribution in [3.8, 4) is 11.6 Å². The summed E-state index contributed by atoms with van der Waals surface area (Å²) in [4.78, 5) is 4.32. The van der Waals surface area contributed by atoms with Crippen molar-refractivity contribution in [2.75, 3.05) is 7.05 Å². The van der Waals surface area contributed by atoms with E-state index in [1.54, 1.807) is 18.2 Å². The molecule has 0 bridgehead atoms. The number of halogens is 2. The van der Waals surface area contributed by atoms with Crippen LogP contribution in [0.2, 0.25) is 0 Å². The minimum Gasteiger partial charge on any atom is -0.439 e. The molecule has 0 amide bonds. The summed E-state index contributed by atoms with van der Waals surface area (Å²) in [6.07, 6.45) is 0. The Labute approximate surface area is 113 Å². The summed E-state index contributed by atoms with van der Waals surface area (Å²) in [6, 6.07) is 10.0. The lowest BCUT2D eigenvalue weighted by molar-refractivity contribution is 0.458. The topological polar surface area (TPSA) is 34.1 Å². The normalized spacial score (nSPS) is 10.4. The van der Waals surface area contributed by atoms with E-state index in [0.717, 1.165) is 5.69 Å². The van der Waals surface area contributed by atoms with Crippen LogP contribution >= 0.6 is 15.9 Å². The minimum absolute atomic E-state index is 0.320. The molecular formula is C13H12BrFN2O. The maximum absolute atomic E-state index is 13.1. The average molecular weight is 311 g/mol. The first-order valence-corrected chi connectivity index (χ1v) is 6.22. The standard InChI is InChI=1S/C13H12BrFN2O/c1-16-8-9-3-2-4-13(17-9)18-10-5-6-12(15)11(14)7-10/h2-7,16H,8H2,1H3. The van der Waals surface area contributed by atoms with E-state index in [9.17, 15) is 4.39 Å². The van der Waals surface area contributed by atoms with Crippen molar-refractivity contribution in [3.63, 3.8) is 0 Å². The lowest BCUT2D eigenvalue weighted by atomic mass is 10.3. The Balaban J connectivity index is 2.17. The molecule has 0 saturated heterocycles. The molecule has 0 spiro atoms. The molecule has 0 aliphatic rings. The molecule has 0 saturated carbocycles. The van der Waals surface area contributed by atoms with Crippen LogP contribution in [0.3, 0.4) is 0 Å². The highest BCUT2D eigenvalue weighted by atomic mass is 79.9. The Bertz CT molecular complexity index is 548.